The fraction of sp³-hybridized carbons (Fsp3) is 0.562. The number of ether oxygens (including phenoxy) is 3. The average Bonchev–Trinajstić information content (AvgIpc) is 4.04. The third kappa shape index (κ3) is 12.1. The summed E-state index contributed by atoms with van der Waals surface area (Å²) in [7, 11) is 6.22. The van der Waals surface area contributed by atoms with Gasteiger partial charge in [0.15, 0.2) is 22.3 Å². The largest absolute Gasteiger partial charge is 0.394 e. The van der Waals surface area contributed by atoms with E-state index in [-0.39, 0.29) is 59.2 Å². The average molecular weight is 1070 g/mol. The van der Waals surface area contributed by atoms with Gasteiger partial charge in [-0.1, -0.05) is 0 Å². The van der Waals surface area contributed by atoms with Gasteiger partial charge in [-0.2, -0.15) is 9.97 Å². The SMILES string of the molecule is [B][C@@H](OC(COP(O)(=S)O[C@@H]1CC(n2cnc3c(=O)[nH]c(N)nc32)O[C@@H]1COP(O)(=S)O[C@@H]1CC(n2cnc3c(=O)[nH]c(N)nc32)O[C@@H]1CO)[C@@H](C)OP(O)(=S)OCC)n1cc(C)c(=O)[nH]c1=O. The van der Waals surface area contributed by atoms with E-state index in [9.17, 15) is 39.0 Å². The van der Waals surface area contributed by atoms with Crippen molar-refractivity contribution < 1.29 is 61.1 Å². The summed E-state index contributed by atoms with van der Waals surface area (Å²) >= 11 is 15.9. The highest BCUT2D eigenvalue weighted by Gasteiger charge is 2.44. The van der Waals surface area contributed by atoms with E-state index in [4.69, 9.17) is 96.1 Å². The number of fused-ring (bicyclic) bond motifs is 2. The molecule has 0 bridgehead atoms. The maximum Gasteiger partial charge on any atom is 0.329 e. The van der Waals surface area contributed by atoms with E-state index >= 15 is 0 Å². The van der Waals surface area contributed by atoms with E-state index in [0.717, 1.165) is 10.8 Å². The van der Waals surface area contributed by atoms with Crippen LogP contribution in [-0.4, -0.2) is 139 Å². The summed E-state index contributed by atoms with van der Waals surface area (Å²) in [5.74, 6) is -0.401. The van der Waals surface area contributed by atoms with Crippen LogP contribution in [0.25, 0.3) is 22.3 Å². The van der Waals surface area contributed by atoms with Crippen LogP contribution in [0.2, 0.25) is 0 Å². The van der Waals surface area contributed by atoms with Crippen molar-refractivity contribution in [2.75, 3.05) is 37.9 Å². The lowest BCUT2D eigenvalue weighted by Crippen LogP contribution is -2.40. The summed E-state index contributed by atoms with van der Waals surface area (Å²) in [6, 6.07) is 0. The number of anilines is 2. The van der Waals surface area contributed by atoms with Crippen LogP contribution in [0.1, 0.15) is 50.8 Å². The Hall–Kier alpha value is -3.53. The summed E-state index contributed by atoms with van der Waals surface area (Å²) in [5.41, 5.74) is 8.86. The van der Waals surface area contributed by atoms with E-state index in [1.165, 1.54) is 35.6 Å². The topological polar surface area (TPSA) is 398 Å². The molecule has 2 aliphatic rings. The molecule has 2 radical (unpaired) electrons. The van der Waals surface area contributed by atoms with Crippen molar-refractivity contribution in [3.8, 4) is 0 Å². The van der Waals surface area contributed by atoms with Gasteiger partial charge in [-0.3, -0.25) is 43.0 Å². The van der Waals surface area contributed by atoms with Gasteiger partial charge in [-0.05, 0) is 56.2 Å². The first-order chi connectivity index (χ1) is 32.0. The molecule has 5 aromatic heterocycles. The fourth-order valence-electron chi connectivity index (χ4n) is 7.10. The van der Waals surface area contributed by atoms with Gasteiger partial charge in [0.25, 0.3) is 16.7 Å². The summed E-state index contributed by atoms with van der Waals surface area (Å²) in [4.78, 5) is 106. The zero-order chi connectivity index (χ0) is 49.5. The Morgan fingerprint density at radius 2 is 1.37 bits per heavy atom. The highest BCUT2D eigenvalue weighted by molar-refractivity contribution is 8.07. The minimum absolute atomic E-state index is 0.0125. The molecule has 68 heavy (non-hydrogen) atoms. The highest BCUT2D eigenvalue weighted by atomic mass is 32.5. The third-order valence-corrected chi connectivity index (χ3v) is 15.2. The number of aliphatic hydroxyl groups excluding tert-OH is 1. The van der Waals surface area contributed by atoms with Gasteiger partial charge in [-0.25, -0.2) is 14.8 Å². The monoisotopic (exact) mass is 1070 g/mol. The van der Waals surface area contributed by atoms with Crippen LogP contribution in [0.15, 0.2) is 38.0 Å². The normalized spacial score (nSPS) is 25.0. The highest BCUT2D eigenvalue weighted by Crippen LogP contribution is 2.53. The number of aromatic nitrogens is 10. The molecule has 370 valence electrons. The van der Waals surface area contributed by atoms with Crippen LogP contribution in [0, 0.1) is 6.92 Å². The zero-order valence-electron chi connectivity index (χ0n) is 35.7. The molecule has 0 saturated carbocycles. The Bertz CT molecular complexity index is 3050. The van der Waals surface area contributed by atoms with Crippen molar-refractivity contribution in [2.24, 2.45) is 0 Å². The summed E-state index contributed by atoms with van der Waals surface area (Å²) < 4.78 is 55.8. The summed E-state index contributed by atoms with van der Waals surface area (Å²) in [6.45, 7) is -10.0. The Morgan fingerprint density at radius 1 is 0.838 bits per heavy atom. The van der Waals surface area contributed by atoms with Crippen LogP contribution in [0.5, 0.6) is 0 Å². The Labute approximate surface area is 398 Å². The minimum atomic E-state index is -4.42. The number of nitrogens with zero attached hydrogens (tertiary/aromatic N) is 7. The second kappa shape index (κ2) is 21.1. The number of aliphatic hydroxyl groups is 1. The fourth-order valence-corrected chi connectivity index (χ4v) is 11.7. The van der Waals surface area contributed by atoms with E-state index in [1.807, 2.05) is 0 Å². The van der Waals surface area contributed by atoms with Crippen molar-refractivity contribution in [3.05, 3.63) is 66.0 Å². The first-order valence-electron chi connectivity index (χ1n) is 20.0. The molecule has 36 heteroatoms. The summed E-state index contributed by atoms with van der Waals surface area (Å²) in [5, 5.41) is 10.2. The Morgan fingerprint density at radius 3 is 1.91 bits per heavy atom. The lowest BCUT2D eigenvalue weighted by atomic mass is 10.1. The van der Waals surface area contributed by atoms with Crippen LogP contribution in [0.4, 0.5) is 11.9 Å². The molecular formula is C32H44BN12O17P3S3. The maximum absolute atomic E-state index is 12.6. The number of H-pyrrole nitrogens is 3. The quantitative estimate of drug-likeness (QED) is 0.0306. The molecule has 2 aliphatic heterocycles. The van der Waals surface area contributed by atoms with E-state index in [2.05, 4.69) is 34.9 Å². The number of nitrogens with two attached hydrogens (primary N) is 2. The van der Waals surface area contributed by atoms with E-state index in [1.54, 1.807) is 6.92 Å². The molecule has 2 saturated heterocycles. The molecule has 12 atom stereocenters. The zero-order valence-corrected chi connectivity index (χ0v) is 40.8. The number of imidazole rings is 2. The van der Waals surface area contributed by atoms with Gasteiger partial charge in [0.1, 0.15) is 38.6 Å². The molecule has 29 nitrogen and oxygen atoms in total. The van der Waals surface area contributed by atoms with E-state index < -0.39 is 118 Å². The molecule has 11 N–H and O–H groups in total. The molecule has 0 spiro atoms. The van der Waals surface area contributed by atoms with Gasteiger partial charge in [0.2, 0.25) is 11.9 Å². The molecular weight excluding hydrogens is 1020 g/mol. The van der Waals surface area contributed by atoms with Crippen molar-refractivity contribution in [1.82, 2.24) is 48.6 Å². The van der Waals surface area contributed by atoms with Crippen LogP contribution >= 0.6 is 20.2 Å². The number of nitrogens with one attached hydrogen (secondary N) is 3. The predicted octanol–water partition coefficient (Wildman–Crippen LogP) is -1.25. The van der Waals surface area contributed by atoms with Crippen LogP contribution in [0.3, 0.4) is 0 Å². The first-order valence-corrected chi connectivity index (χ1v) is 27.8. The second-order valence-corrected chi connectivity index (χ2v) is 23.4. The Balaban J connectivity index is 1.09. The van der Waals surface area contributed by atoms with Gasteiger partial charge in [0, 0.05) is 24.6 Å². The number of hydrogen-bond donors (Lipinski definition) is 9. The van der Waals surface area contributed by atoms with Gasteiger partial charge in [0.05, 0.1) is 63.5 Å². The van der Waals surface area contributed by atoms with Gasteiger partial charge >= 0.3 is 25.8 Å². The Kier molecular flexibility index (Phi) is 16.2. The van der Waals surface area contributed by atoms with Gasteiger partial charge in [-0.15, -0.1) is 0 Å². The van der Waals surface area contributed by atoms with E-state index in [0.29, 0.717) is 0 Å². The number of aryl methyl sites for hydroxylation is 1. The number of nitrogen functional groups attached to an aromatic ring is 2. The molecule has 5 aromatic rings. The van der Waals surface area contributed by atoms with Crippen molar-refractivity contribution in [3.63, 3.8) is 0 Å². The second-order valence-electron chi connectivity index (χ2n) is 15.0. The molecule has 7 heterocycles. The predicted molar refractivity (Wildman–Crippen MR) is 248 cm³/mol. The lowest BCUT2D eigenvalue weighted by Gasteiger charge is -2.31. The number of rotatable bonds is 21. The molecule has 0 aromatic carbocycles. The molecule has 0 aliphatic carbocycles. The molecule has 2 fully saturated rings. The van der Waals surface area contributed by atoms with Crippen molar-refractivity contribution in [2.45, 2.75) is 88.8 Å². The number of aromatic amines is 3. The van der Waals surface area contributed by atoms with Crippen molar-refractivity contribution >= 4 is 97.6 Å². The van der Waals surface area contributed by atoms with Crippen LogP contribution in [-0.2, 0) is 76.8 Å². The molecule has 7 rings (SSSR count). The number of hydrogen-bond acceptors (Lipinski definition) is 23. The van der Waals surface area contributed by atoms with Crippen LogP contribution < -0.4 is 33.8 Å². The smallest absolute Gasteiger partial charge is 0.329 e. The lowest BCUT2D eigenvalue weighted by molar-refractivity contribution is -0.0847. The minimum Gasteiger partial charge on any atom is -0.394 e. The van der Waals surface area contributed by atoms with Gasteiger partial charge < -0.3 is 72.6 Å². The first kappa shape index (κ1) is 52.3. The molecule has 6 unspecified atom stereocenters. The third-order valence-electron chi connectivity index (χ3n) is 10.3. The van der Waals surface area contributed by atoms with Crippen molar-refractivity contribution in [1.29, 1.82) is 0 Å². The molecule has 0 amide bonds. The standard InChI is InChI=1S/C32H44BN12O17P3S3/c1-4-54-63(51,66)60-14(3)18(59-29(33)43-7-13(2)26(47)42-32(43)50)9-55-64(52,67)62-16-6-21(45-12-37-23-25(45)39-31(35)41-28(23)49)58-19(16)10-56-65(53,68)61-15-5-20(57-17(15)8-46)44-11-36-22-24(44)38-30(34)40-27(22)48/h7,11-12,14-21,29,46H,4-6,8-10H2,1-3H3,(H,51,66)(H,52,67)(H,53,68)(H,42,47,50)(H3,34,38,40,48)(H3,35,39,41,49)/t14-,15-,16-,17-,18?,19-,20?,21?,29-,63?,64?,65?/m1/s1. The summed E-state index contributed by atoms with van der Waals surface area (Å²) in [6.07, 6.45) is -7.26. The maximum atomic E-state index is 12.6.